The van der Waals surface area contributed by atoms with Gasteiger partial charge in [0.1, 0.15) is 5.82 Å². The van der Waals surface area contributed by atoms with Crippen molar-refractivity contribution in [2.75, 3.05) is 0 Å². The van der Waals surface area contributed by atoms with Crippen LogP contribution in [0.1, 0.15) is 39.5 Å². The number of hydrogen-bond donors (Lipinski definition) is 0. The van der Waals surface area contributed by atoms with Crippen molar-refractivity contribution >= 4 is 27.5 Å². The van der Waals surface area contributed by atoms with E-state index >= 15 is 0 Å². The zero-order valence-corrected chi connectivity index (χ0v) is 16.9. The molecule has 0 aliphatic carbocycles. The highest BCUT2D eigenvalue weighted by molar-refractivity contribution is 9.10. The van der Waals surface area contributed by atoms with Crippen LogP contribution in [0.5, 0.6) is 0 Å². The molecule has 5 heteroatoms. The lowest BCUT2D eigenvalue weighted by atomic mass is 9.97. The molecule has 1 amide bonds. The number of hydrogen-bond acceptors (Lipinski definition) is 2. The number of hydrazone groups is 1. The lowest BCUT2D eigenvalue weighted by molar-refractivity contribution is 0.0708. The second-order valence-electron chi connectivity index (χ2n) is 6.78. The average Bonchev–Trinajstić information content (AvgIpc) is 3.14. The summed E-state index contributed by atoms with van der Waals surface area (Å²) in [5.74, 6) is -0.597. The Morgan fingerprint density at radius 3 is 2.43 bits per heavy atom. The van der Waals surface area contributed by atoms with E-state index in [2.05, 4.69) is 21.0 Å². The molecule has 0 spiro atoms. The first kappa shape index (κ1) is 18.6. The maximum Gasteiger partial charge on any atom is 0.275 e. The quantitative estimate of drug-likeness (QED) is 0.503. The number of halogens is 2. The van der Waals surface area contributed by atoms with Gasteiger partial charge in [-0.15, -0.1) is 0 Å². The van der Waals surface area contributed by atoms with Crippen molar-refractivity contribution in [1.29, 1.82) is 0 Å². The Balaban J connectivity index is 1.77. The number of benzene rings is 3. The van der Waals surface area contributed by atoms with E-state index < -0.39 is 6.04 Å². The number of nitrogens with zero attached hydrogens (tertiary/aromatic N) is 2. The van der Waals surface area contributed by atoms with Crippen LogP contribution in [0.4, 0.5) is 4.39 Å². The molecular formula is C23H18BrFN2O. The van der Waals surface area contributed by atoms with Gasteiger partial charge < -0.3 is 0 Å². The molecule has 0 saturated heterocycles. The number of carbonyl (C=O) groups excluding carboxylic acids is 1. The Labute approximate surface area is 171 Å². The Kier molecular flexibility index (Phi) is 5.09. The Morgan fingerprint density at radius 2 is 1.71 bits per heavy atom. The summed E-state index contributed by atoms with van der Waals surface area (Å²) in [5.41, 5.74) is 3.82. The summed E-state index contributed by atoms with van der Waals surface area (Å²) in [4.78, 5) is 13.3. The fourth-order valence-corrected chi connectivity index (χ4v) is 3.82. The summed E-state index contributed by atoms with van der Waals surface area (Å²) in [6.07, 6.45) is 0.459. The van der Waals surface area contributed by atoms with Crippen LogP contribution in [0.25, 0.3) is 0 Å². The maximum absolute atomic E-state index is 14.5. The molecular weight excluding hydrogens is 419 g/mol. The molecule has 3 nitrogen and oxygen atoms in total. The fraction of sp³-hybridized carbons (Fsp3) is 0.130. The molecule has 4 rings (SSSR count). The van der Waals surface area contributed by atoms with Gasteiger partial charge in [-0.2, -0.15) is 5.10 Å². The van der Waals surface area contributed by atoms with Crippen LogP contribution >= 0.6 is 15.9 Å². The third kappa shape index (κ3) is 3.50. The molecule has 1 atom stereocenters. The van der Waals surface area contributed by atoms with Crippen molar-refractivity contribution in [3.63, 3.8) is 0 Å². The molecule has 0 bridgehead atoms. The summed E-state index contributed by atoms with van der Waals surface area (Å²) in [7, 11) is 0. The fourth-order valence-electron chi connectivity index (χ4n) is 3.36. The summed E-state index contributed by atoms with van der Waals surface area (Å²) < 4.78 is 15.2. The van der Waals surface area contributed by atoms with Crippen LogP contribution < -0.4 is 0 Å². The number of amides is 1. The minimum atomic E-state index is -0.489. The van der Waals surface area contributed by atoms with E-state index in [-0.39, 0.29) is 11.7 Å². The molecule has 3 aromatic rings. The largest absolute Gasteiger partial charge is 0.275 e. The molecule has 1 heterocycles. The van der Waals surface area contributed by atoms with Gasteiger partial charge in [0.25, 0.3) is 5.91 Å². The molecule has 3 aromatic carbocycles. The topological polar surface area (TPSA) is 32.7 Å². The highest BCUT2D eigenvalue weighted by Gasteiger charge is 2.35. The lowest BCUT2D eigenvalue weighted by Crippen LogP contribution is -2.28. The van der Waals surface area contributed by atoms with Gasteiger partial charge in [-0.25, -0.2) is 9.40 Å². The number of aryl methyl sites for hydroxylation is 1. The van der Waals surface area contributed by atoms with Crippen LogP contribution in [0, 0.1) is 12.7 Å². The Morgan fingerprint density at radius 1 is 1.04 bits per heavy atom. The van der Waals surface area contributed by atoms with Crippen LogP contribution in [0.15, 0.2) is 82.4 Å². The predicted molar refractivity (Wildman–Crippen MR) is 112 cm³/mol. The molecule has 0 aromatic heterocycles. The summed E-state index contributed by atoms with van der Waals surface area (Å²) >= 11 is 3.43. The van der Waals surface area contributed by atoms with E-state index in [1.54, 1.807) is 30.3 Å². The van der Waals surface area contributed by atoms with Gasteiger partial charge in [0.15, 0.2) is 0 Å². The Bertz CT molecular complexity index is 1060. The molecule has 140 valence electrons. The van der Waals surface area contributed by atoms with Crippen LogP contribution in [-0.2, 0) is 0 Å². The minimum Gasteiger partial charge on any atom is -0.267 e. The van der Waals surface area contributed by atoms with Crippen molar-refractivity contribution in [1.82, 2.24) is 5.01 Å². The molecule has 1 aliphatic heterocycles. The van der Waals surface area contributed by atoms with Gasteiger partial charge >= 0.3 is 0 Å². The SMILES string of the molecule is Cc1ccc(C2=NN(C(=O)c3ccccc3Br)[C@H](c3ccccc3F)C2)cc1. The molecule has 1 aliphatic rings. The molecule has 28 heavy (non-hydrogen) atoms. The van der Waals surface area contributed by atoms with Crippen LogP contribution in [0.3, 0.4) is 0 Å². The number of carbonyl (C=O) groups is 1. The van der Waals surface area contributed by atoms with Crippen molar-refractivity contribution in [2.24, 2.45) is 5.10 Å². The highest BCUT2D eigenvalue weighted by Crippen LogP contribution is 2.36. The van der Waals surface area contributed by atoms with Crippen LogP contribution in [-0.4, -0.2) is 16.6 Å². The first-order valence-corrected chi connectivity index (χ1v) is 9.81. The molecule has 0 unspecified atom stereocenters. The predicted octanol–water partition coefficient (Wildman–Crippen LogP) is 5.89. The van der Waals surface area contributed by atoms with E-state index in [1.165, 1.54) is 11.1 Å². The normalized spacial score (nSPS) is 16.2. The molecule has 0 N–H and O–H groups in total. The summed E-state index contributed by atoms with van der Waals surface area (Å²) in [6.45, 7) is 2.02. The van der Waals surface area contributed by atoms with E-state index in [1.807, 2.05) is 43.3 Å². The third-order valence-electron chi connectivity index (χ3n) is 4.87. The maximum atomic E-state index is 14.5. The van der Waals surface area contributed by atoms with Crippen molar-refractivity contribution in [3.05, 3.63) is 105 Å². The van der Waals surface area contributed by atoms with E-state index in [9.17, 15) is 9.18 Å². The van der Waals surface area contributed by atoms with Gasteiger partial charge in [-0.3, -0.25) is 4.79 Å². The van der Waals surface area contributed by atoms with Crippen LogP contribution in [0.2, 0.25) is 0 Å². The van der Waals surface area contributed by atoms with E-state index in [0.717, 1.165) is 16.8 Å². The second-order valence-corrected chi connectivity index (χ2v) is 7.64. The first-order valence-electron chi connectivity index (χ1n) is 9.01. The first-order chi connectivity index (χ1) is 13.5. The smallest absolute Gasteiger partial charge is 0.267 e. The zero-order chi connectivity index (χ0) is 19.7. The minimum absolute atomic E-state index is 0.261. The summed E-state index contributed by atoms with van der Waals surface area (Å²) in [5, 5.41) is 6.03. The van der Waals surface area contributed by atoms with Gasteiger partial charge in [-0.05, 0) is 46.6 Å². The molecule has 0 fully saturated rings. The van der Waals surface area contributed by atoms with Gasteiger partial charge in [-0.1, -0.05) is 60.2 Å². The van der Waals surface area contributed by atoms with Crippen molar-refractivity contribution in [3.8, 4) is 0 Å². The summed E-state index contributed by atoms with van der Waals surface area (Å²) in [6, 6.07) is 21.3. The third-order valence-corrected chi connectivity index (χ3v) is 5.56. The molecule has 0 radical (unpaired) electrons. The highest BCUT2D eigenvalue weighted by atomic mass is 79.9. The number of rotatable bonds is 3. The van der Waals surface area contributed by atoms with Gasteiger partial charge in [0, 0.05) is 16.5 Å². The van der Waals surface area contributed by atoms with E-state index in [4.69, 9.17) is 0 Å². The van der Waals surface area contributed by atoms with Gasteiger partial charge in [0.05, 0.1) is 17.3 Å². The van der Waals surface area contributed by atoms with E-state index in [0.29, 0.717) is 22.0 Å². The Hall–Kier alpha value is -2.79. The standard InChI is InChI=1S/C23H18BrFN2O/c1-15-10-12-16(13-11-15)21-14-22(18-7-3-5-9-20(18)25)27(26-21)23(28)17-6-2-4-8-19(17)24/h2-13,22H,14H2,1H3/t22-/m0/s1. The van der Waals surface area contributed by atoms with Crippen molar-refractivity contribution in [2.45, 2.75) is 19.4 Å². The molecule has 0 saturated carbocycles. The van der Waals surface area contributed by atoms with Crippen molar-refractivity contribution < 1.29 is 9.18 Å². The zero-order valence-electron chi connectivity index (χ0n) is 15.3. The lowest BCUT2D eigenvalue weighted by Gasteiger charge is -2.23. The second kappa shape index (κ2) is 7.68. The monoisotopic (exact) mass is 436 g/mol. The average molecular weight is 437 g/mol. The van der Waals surface area contributed by atoms with Gasteiger partial charge in [0.2, 0.25) is 0 Å².